The number of sulfone groups is 1. The average Bonchev–Trinajstić information content (AvgIpc) is 2.45. The normalized spacial score (nSPS) is 11.2. The summed E-state index contributed by atoms with van der Waals surface area (Å²) in [6, 6.07) is 16.0. The van der Waals surface area contributed by atoms with Crippen LogP contribution in [0, 0.1) is 0 Å². The molecule has 0 spiro atoms. The fraction of sp³-hybridized carbons (Fsp3) is 0.200. The van der Waals surface area contributed by atoms with Crippen molar-refractivity contribution in [2.24, 2.45) is 0 Å². The smallest absolute Gasteiger partial charge is 0.178 e. The van der Waals surface area contributed by atoms with Crippen LogP contribution in [-0.4, -0.2) is 20.7 Å². The van der Waals surface area contributed by atoms with Crippen LogP contribution in [-0.2, 0) is 9.84 Å². The van der Waals surface area contributed by atoms with E-state index in [-0.39, 0.29) is 5.75 Å². The Hall–Kier alpha value is -1.52. The highest BCUT2D eigenvalue weighted by molar-refractivity contribution is 7.91. The van der Waals surface area contributed by atoms with E-state index >= 15 is 0 Å². The summed E-state index contributed by atoms with van der Waals surface area (Å²) in [6.45, 7) is 0.622. The van der Waals surface area contributed by atoms with Crippen molar-refractivity contribution in [3.63, 3.8) is 0 Å². The zero-order valence-electron chi connectivity index (χ0n) is 10.9. The van der Waals surface area contributed by atoms with Gasteiger partial charge in [0.1, 0.15) is 0 Å². The third-order valence-corrected chi connectivity index (χ3v) is 4.93. The predicted molar refractivity (Wildman–Crippen MR) is 83.1 cm³/mol. The monoisotopic (exact) mass is 309 g/mol. The fourth-order valence-corrected chi connectivity index (χ4v) is 3.25. The first-order valence-electron chi connectivity index (χ1n) is 6.35. The van der Waals surface area contributed by atoms with E-state index in [0.717, 1.165) is 5.69 Å². The first-order valence-corrected chi connectivity index (χ1v) is 8.38. The molecule has 0 radical (unpaired) electrons. The molecule has 0 fully saturated rings. The summed E-state index contributed by atoms with van der Waals surface area (Å²) in [5.74, 6) is 0.120. The lowest BCUT2D eigenvalue weighted by atomic mass is 10.3. The lowest BCUT2D eigenvalue weighted by Crippen LogP contribution is -2.11. The van der Waals surface area contributed by atoms with Gasteiger partial charge in [0, 0.05) is 17.3 Å². The summed E-state index contributed by atoms with van der Waals surface area (Å²) < 4.78 is 24.2. The van der Waals surface area contributed by atoms with Crippen LogP contribution in [0.1, 0.15) is 6.42 Å². The molecule has 0 saturated carbocycles. The molecule has 0 aliphatic rings. The minimum atomic E-state index is -3.23. The lowest BCUT2D eigenvalue weighted by Gasteiger charge is -2.07. The van der Waals surface area contributed by atoms with Gasteiger partial charge < -0.3 is 5.32 Å². The van der Waals surface area contributed by atoms with Crippen LogP contribution in [0.2, 0.25) is 5.02 Å². The molecule has 0 saturated heterocycles. The quantitative estimate of drug-likeness (QED) is 0.829. The van der Waals surface area contributed by atoms with Crippen LogP contribution in [0.3, 0.4) is 0 Å². The Balaban J connectivity index is 1.85. The van der Waals surface area contributed by atoms with Crippen molar-refractivity contribution in [3.8, 4) is 0 Å². The van der Waals surface area contributed by atoms with Crippen LogP contribution in [0.5, 0.6) is 0 Å². The summed E-state index contributed by atoms with van der Waals surface area (Å²) >= 11 is 5.75. The fourth-order valence-electron chi connectivity index (χ4n) is 1.81. The summed E-state index contributed by atoms with van der Waals surface area (Å²) in [4.78, 5) is 0.321. The van der Waals surface area contributed by atoms with E-state index in [9.17, 15) is 8.42 Å². The Morgan fingerprint density at radius 1 is 0.950 bits per heavy atom. The van der Waals surface area contributed by atoms with Crippen molar-refractivity contribution >= 4 is 27.1 Å². The summed E-state index contributed by atoms with van der Waals surface area (Å²) in [5.41, 5.74) is 0.997. The Kier molecular flexibility index (Phi) is 5.04. The van der Waals surface area contributed by atoms with Gasteiger partial charge in [-0.2, -0.15) is 0 Å². The van der Waals surface area contributed by atoms with Crippen molar-refractivity contribution in [1.29, 1.82) is 0 Å². The van der Waals surface area contributed by atoms with E-state index < -0.39 is 9.84 Å². The predicted octanol–water partition coefficient (Wildman–Crippen LogP) is 3.62. The molecule has 0 atom stereocenters. The van der Waals surface area contributed by atoms with Gasteiger partial charge in [0.2, 0.25) is 0 Å². The maximum absolute atomic E-state index is 12.1. The van der Waals surface area contributed by atoms with Crippen LogP contribution in [0.25, 0.3) is 0 Å². The van der Waals surface area contributed by atoms with Crippen molar-refractivity contribution < 1.29 is 8.42 Å². The Morgan fingerprint density at radius 2 is 1.60 bits per heavy atom. The van der Waals surface area contributed by atoms with E-state index in [1.165, 1.54) is 0 Å². The maximum atomic E-state index is 12.1. The zero-order chi connectivity index (χ0) is 14.4. The van der Waals surface area contributed by atoms with Crippen molar-refractivity contribution in [3.05, 3.63) is 59.6 Å². The molecule has 0 aliphatic heterocycles. The molecule has 106 valence electrons. The van der Waals surface area contributed by atoms with Crippen LogP contribution in [0.15, 0.2) is 59.5 Å². The number of nitrogens with one attached hydrogen (secondary N) is 1. The SMILES string of the molecule is O=S(=O)(CCCNc1ccccc1)c1ccc(Cl)cc1. The second-order valence-corrected chi connectivity index (χ2v) is 6.96. The molecule has 2 aromatic rings. The standard InChI is InChI=1S/C15H16ClNO2S/c16-13-7-9-15(10-8-13)20(18,19)12-4-11-17-14-5-2-1-3-6-14/h1-3,5-10,17H,4,11-12H2. The van der Waals surface area contributed by atoms with Crippen molar-refractivity contribution in [2.75, 3.05) is 17.6 Å². The van der Waals surface area contributed by atoms with Gasteiger partial charge >= 0.3 is 0 Å². The van der Waals surface area contributed by atoms with Gasteiger partial charge in [0.05, 0.1) is 10.6 Å². The highest BCUT2D eigenvalue weighted by Crippen LogP contribution is 2.16. The Morgan fingerprint density at radius 3 is 2.25 bits per heavy atom. The minimum absolute atomic E-state index is 0.120. The molecule has 3 nitrogen and oxygen atoms in total. The summed E-state index contributed by atoms with van der Waals surface area (Å²) in [5, 5.41) is 3.73. The number of anilines is 1. The molecule has 5 heteroatoms. The van der Waals surface area contributed by atoms with Crippen LogP contribution in [0.4, 0.5) is 5.69 Å². The van der Waals surface area contributed by atoms with E-state index in [0.29, 0.717) is 22.9 Å². The van der Waals surface area contributed by atoms with Crippen molar-refractivity contribution in [1.82, 2.24) is 0 Å². The first-order chi connectivity index (χ1) is 9.58. The van der Waals surface area contributed by atoms with Gasteiger partial charge in [-0.3, -0.25) is 0 Å². The number of hydrogen-bond acceptors (Lipinski definition) is 3. The Bertz CT molecular complexity index is 639. The highest BCUT2D eigenvalue weighted by atomic mass is 35.5. The van der Waals surface area contributed by atoms with Gasteiger partial charge in [-0.05, 0) is 42.8 Å². The van der Waals surface area contributed by atoms with E-state index in [2.05, 4.69) is 5.32 Å². The number of para-hydroxylation sites is 1. The topological polar surface area (TPSA) is 46.2 Å². The molecule has 0 bridgehead atoms. The molecular formula is C15H16ClNO2S. The highest BCUT2D eigenvalue weighted by Gasteiger charge is 2.13. The lowest BCUT2D eigenvalue weighted by molar-refractivity contribution is 0.594. The molecule has 0 heterocycles. The van der Waals surface area contributed by atoms with Crippen molar-refractivity contribution in [2.45, 2.75) is 11.3 Å². The first kappa shape index (κ1) is 14.9. The van der Waals surface area contributed by atoms with Gasteiger partial charge in [-0.15, -0.1) is 0 Å². The maximum Gasteiger partial charge on any atom is 0.178 e. The third kappa shape index (κ3) is 4.25. The second kappa shape index (κ2) is 6.77. The van der Waals surface area contributed by atoms with E-state index in [1.807, 2.05) is 30.3 Å². The molecular weight excluding hydrogens is 294 g/mol. The zero-order valence-corrected chi connectivity index (χ0v) is 12.5. The molecule has 0 amide bonds. The Labute approximate surface area is 124 Å². The second-order valence-electron chi connectivity index (χ2n) is 4.42. The molecule has 2 rings (SSSR count). The number of benzene rings is 2. The van der Waals surface area contributed by atoms with Crippen LogP contribution >= 0.6 is 11.6 Å². The molecule has 2 aromatic carbocycles. The third-order valence-electron chi connectivity index (χ3n) is 2.87. The molecule has 0 aliphatic carbocycles. The molecule has 20 heavy (non-hydrogen) atoms. The summed E-state index contributed by atoms with van der Waals surface area (Å²) in [7, 11) is -3.23. The van der Waals surface area contributed by atoms with Crippen LogP contribution < -0.4 is 5.32 Å². The van der Waals surface area contributed by atoms with E-state index in [1.54, 1.807) is 24.3 Å². The van der Waals surface area contributed by atoms with Gasteiger partial charge in [-0.1, -0.05) is 29.8 Å². The largest absolute Gasteiger partial charge is 0.385 e. The molecule has 0 aromatic heterocycles. The summed E-state index contributed by atoms with van der Waals surface area (Å²) in [6.07, 6.45) is 0.555. The average molecular weight is 310 g/mol. The van der Waals surface area contributed by atoms with Gasteiger partial charge in [0.15, 0.2) is 9.84 Å². The van der Waals surface area contributed by atoms with Gasteiger partial charge in [-0.25, -0.2) is 8.42 Å². The number of halogens is 1. The molecule has 1 N–H and O–H groups in total. The van der Waals surface area contributed by atoms with Gasteiger partial charge in [0.25, 0.3) is 0 Å². The molecule has 0 unspecified atom stereocenters. The number of rotatable bonds is 6. The minimum Gasteiger partial charge on any atom is -0.385 e. The van der Waals surface area contributed by atoms with E-state index in [4.69, 9.17) is 11.6 Å². The number of hydrogen-bond donors (Lipinski definition) is 1.